The minimum absolute atomic E-state index is 0.185. The highest BCUT2D eigenvalue weighted by atomic mass is 35.5. The van der Waals surface area contributed by atoms with Gasteiger partial charge in [0, 0.05) is 18.2 Å². The molecule has 6 heteroatoms. The van der Waals surface area contributed by atoms with Crippen molar-refractivity contribution >= 4 is 23.2 Å². The van der Waals surface area contributed by atoms with Gasteiger partial charge in [-0.05, 0) is 42.7 Å². The SMILES string of the molecule is COc1ccc(NC(=O)C2(c3ccccc3Cl)CCOCC2)c(C#N)c1. The molecule has 1 saturated heterocycles. The van der Waals surface area contributed by atoms with Crippen LogP contribution in [-0.2, 0) is 14.9 Å². The number of nitrogens with zero attached hydrogens (tertiary/aromatic N) is 1. The Hall–Kier alpha value is -2.55. The maximum Gasteiger partial charge on any atom is 0.235 e. The summed E-state index contributed by atoms with van der Waals surface area (Å²) in [6.45, 7) is 0.957. The number of carbonyl (C=O) groups excluding carboxylic acids is 1. The number of hydrogen-bond acceptors (Lipinski definition) is 4. The third-order valence-electron chi connectivity index (χ3n) is 4.77. The molecule has 0 aliphatic carbocycles. The van der Waals surface area contributed by atoms with E-state index in [0.29, 0.717) is 48.1 Å². The fraction of sp³-hybridized carbons (Fsp3) is 0.300. The lowest BCUT2D eigenvalue weighted by molar-refractivity contribution is -0.125. The van der Waals surface area contributed by atoms with Crippen LogP contribution in [0.5, 0.6) is 5.75 Å². The van der Waals surface area contributed by atoms with Crippen molar-refractivity contribution in [1.82, 2.24) is 0 Å². The number of amides is 1. The van der Waals surface area contributed by atoms with Gasteiger partial charge in [-0.1, -0.05) is 29.8 Å². The average Bonchev–Trinajstić information content (AvgIpc) is 2.69. The molecular weight excluding hydrogens is 352 g/mol. The fourth-order valence-electron chi connectivity index (χ4n) is 3.28. The average molecular weight is 371 g/mol. The van der Waals surface area contributed by atoms with Crippen LogP contribution in [0.2, 0.25) is 5.02 Å². The molecule has 0 atom stereocenters. The number of ether oxygens (including phenoxy) is 2. The van der Waals surface area contributed by atoms with Gasteiger partial charge in [0.2, 0.25) is 5.91 Å². The van der Waals surface area contributed by atoms with Crippen molar-refractivity contribution in [2.24, 2.45) is 0 Å². The Labute approximate surface area is 157 Å². The van der Waals surface area contributed by atoms with Gasteiger partial charge in [-0.3, -0.25) is 4.79 Å². The normalized spacial score (nSPS) is 15.7. The second kappa shape index (κ2) is 7.77. The number of nitrogens with one attached hydrogen (secondary N) is 1. The highest BCUT2D eigenvalue weighted by Gasteiger charge is 2.43. The van der Waals surface area contributed by atoms with Crippen molar-refractivity contribution < 1.29 is 14.3 Å². The van der Waals surface area contributed by atoms with E-state index in [0.717, 1.165) is 5.56 Å². The van der Waals surface area contributed by atoms with E-state index in [-0.39, 0.29) is 5.91 Å². The second-order valence-corrected chi connectivity index (χ2v) is 6.56. The maximum absolute atomic E-state index is 13.3. The van der Waals surface area contributed by atoms with Gasteiger partial charge in [0.15, 0.2) is 0 Å². The van der Waals surface area contributed by atoms with E-state index in [1.165, 1.54) is 7.11 Å². The lowest BCUT2D eigenvalue weighted by atomic mass is 9.73. The second-order valence-electron chi connectivity index (χ2n) is 6.15. The van der Waals surface area contributed by atoms with E-state index in [1.807, 2.05) is 18.2 Å². The molecular formula is C20H19ClN2O3. The van der Waals surface area contributed by atoms with Crippen molar-refractivity contribution in [1.29, 1.82) is 5.26 Å². The number of anilines is 1. The molecule has 0 aromatic heterocycles. The summed E-state index contributed by atoms with van der Waals surface area (Å²) >= 11 is 6.40. The Bertz CT molecular complexity index is 854. The monoisotopic (exact) mass is 370 g/mol. The first kappa shape index (κ1) is 18.2. The van der Waals surface area contributed by atoms with Gasteiger partial charge < -0.3 is 14.8 Å². The molecule has 1 heterocycles. The van der Waals surface area contributed by atoms with Crippen LogP contribution in [0, 0.1) is 11.3 Å². The number of halogens is 1. The summed E-state index contributed by atoms with van der Waals surface area (Å²) in [5, 5.41) is 12.9. The largest absolute Gasteiger partial charge is 0.497 e. The van der Waals surface area contributed by atoms with Crippen molar-refractivity contribution in [3.63, 3.8) is 0 Å². The molecule has 5 nitrogen and oxygen atoms in total. The minimum atomic E-state index is -0.788. The number of methoxy groups -OCH3 is 1. The van der Waals surface area contributed by atoms with Crippen LogP contribution in [0.1, 0.15) is 24.0 Å². The first-order valence-corrected chi connectivity index (χ1v) is 8.71. The summed E-state index contributed by atoms with van der Waals surface area (Å²) in [6, 6.07) is 14.5. The van der Waals surface area contributed by atoms with Crippen molar-refractivity contribution in [3.05, 3.63) is 58.6 Å². The molecule has 1 amide bonds. The summed E-state index contributed by atoms with van der Waals surface area (Å²) in [5.41, 5.74) is 0.799. The molecule has 0 radical (unpaired) electrons. The summed E-state index contributed by atoms with van der Waals surface area (Å²) < 4.78 is 10.6. The smallest absolute Gasteiger partial charge is 0.235 e. The molecule has 1 N–H and O–H groups in total. The van der Waals surface area contributed by atoms with Crippen LogP contribution >= 0.6 is 11.6 Å². The number of rotatable bonds is 4. The van der Waals surface area contributed by atoms with E-state index >= 15 is 0 Å². The Balaban J connectivity index is 1.98. The molecule has 0 bridgehead atoms. The third-order valence-corrected chi connectivity index (χ3v) is 5.10. The topological polar surface area (TPSA) is 71.3 Å². The molecule has 2 aromatic carbocycles. The van der Waals surface area contributed by atoms with Gasteiger partial charge in [-0.2, -0.15) is 5.26 Å². The molecule has 1 aliphatic rings. The van der Waals surface area contributed by atoms with Gasteiger partial charge in [0.1, 0.15) is 11.8 Å². The first-order chi connectivity index (χ1) is 12.6. The van der Waals surface area contributed by atoms with Gasteiger partial charge in [-0.15, -0.1) is 0 Å². The highest BCUT2D eigenvalue weighted by Crippen LogP contribution is 2.40. The van der Waals surface area contributed by atoms with Gasteiger partial charge in [0.25, 0.3) is 0 Å². The molecule has 0 saturated carbocycles. The van der Waals surface area contributed by atoms with Crippen molar-refractivity contribution in [3.8, 4) is 11.8 Å². The Morgan fingerprint density at radius 3 is 2.65 bits per heavy atom. The van der Waals surface area contributed by atoms with E-state index < -0.39 is 5.41 Å². The predicted octanol–water partition coefficient (Wildman–Crippen LogP) is 3.91. The van der Waals surface area contributed by atoms with Crippen molar-refractivity contribution in [2.45, 2.75) is 18.3 Å². The minimum Gasteiger partial charge on any atom is -0.497 e. The molecule has 1 fully saturated rings. The molecule has 2 aromatic rings. The number of hydrogen-bond donors (Lipinski definition) is 1. The lowest BCUT2D eigenvalue weighted by Crippen LogP contribution is -2.45. The Kier molecular flexibility index (Phi) is 5.46. The number of nitriles is 1. The predicted molar refractivity (Wildman–Crippen MR) is 99.5 cm³/mol. The van der Waals surface area contributed by atoms with E-state index in [9.17, 15) is 10.1 Å². The zero-order chi connectivity index (χ0) is 18.6. The number of carbonyl (C=O) groups is 1. The highest BCUT2D eigenvalue weighted by molar-refractivity contribution is 6.31. The van der Waals surface area contributed by atoms with E-state index in [1.54, 1.807) is 24.3 Å². The van der Waals surface area contributed by atoms with Crippen LogP contribution in [0.4, 0.5) is 5.69 Å². The molecule has 134 valence electrons. The zero-order valence-corrected chi connectivity index (χ0v) is 15.2. The first-order valence-electron chi connectivity index (χ1n) is 8.33. The van der Waals surface area contributed by atoms with E-state index in [2.05, 4.69) is 11.4 Å². The maximum atomic E-state index is 13.3. The zero-order valence-electron chi connectivity index (χ0n) is 14.4. The van der Waals surface area contributed by atoms with Crippen LogP contribution in [0.25, 0.3) is 0 Å². The molecule has 26 heavy (non-hydrogen) atoms. The van der Waals surface area contributed by atoms with Crippen molar-refractivity contribution in [2.75, 3.05) is 25.6 Å². The van der Waals surface area contributed by atoms with Gasteiger partial charge in [0.05, 0.1) is 23.8 Å². The van der Waals surface area contributed by atoms with Crippen LogP contribution in [0.15, 0.2) is 42.5 Å². The van der Waals surface area contributed by atoms with Gasteiger partial charge in [-0.25, -0.2) is 0 Å². The summed E-state index contributed by atoms with van der Waals surface area (Å²) in [4.78, 5) is 13.3. The standard InChI is InChI=1S/C20H19ClN2O3/c1-25-15-6-7-18(14(12-15)13-22)23-19(24)20(8-10-26-11-9-20)16-4-2-3-5-17(16)21/h2-7,12H,8-11H2,1H3,(H,23,24). The summed E-state index contributed by atoms with van der Waals surface area (Å²) in [6.07, 6.45) is 1.06. The summed E-state index contributed by atoms with van der Waals surface area (Å²) in [7, 11) is 1.53. The fourth-order valence-corrected chi connectivity index (χ4v) is 3.60. The number of benzene rings is 2. The van der Waals surface area contributed by atoms with Crippen LogP contribution < -0.4 is 10.1 Å². The Morgan fingerprint density at radius 1 is 1.27 bits per heavy atom. The van der Waals surface area contributed by atoms with E-state index in [4.69, 9.17) is 21.1 Å². The molecule has 3 rings (SSSR count). The van der Waals surface area contributed by atoms with Crippen LogP contribution in [-0.4, -0.2) is 26.2 Å². The molecule has 0 spiro atoms. The van der Waals surface area contributed by atoms with Gasteiger partial charge >= 0.3 is 0 Å². The third kappa shape index (κ3) is 3.39. The Morgan fingerprint density at radius 2 is 2.00 bits per heavy atom. The molecule has 1 aliphatic heterocycles. The quantitative estimate of drug-likeness (QED) is 0.885. The summed E-state index contributed by atoms with van der Waals surface area (Å²) in [5.74, 6) is 0.377. The molecule has 0 unspecified atom stereocenters. The van der Waals surface area contributed by atoms with Crippen LogP contribution in [0.3, 0.4) is 0 Å². The lowest BCUT2D eigenvalue weighted by Gasteiger charge is -2.36.